The highest BCUT2D eigenvalue weighted by molar-refractivity contribution is 5.71. The molecule has 0 aliphatic carbocycles. The molecule has 0 spiro atoms. The van der Waals surface area contributed by atoms with E-state index in [1.165, 1.54) is 315 Å². The number of hydrogen-bond donors (Lipinski definition) is 0. The van der Waals surface area contributed by atoms with E-state index >= 15 is 0 Å². The second kappa shape index (κ2) is 72.1. The van der Waals surface area contributed by atoms with Gasteiger partial charge in [0.15, 0.2) is 6.10 Å². The summed E-state index contributed by atoms with van der Waals surface area (Å²) in [5, 5.41) is 0. The van der Waals surface area contributed by atoms with Crippen LogP contribution >= 0.6 is 0 Å². The number of rotatable bonds is 70. The van der Waals surface area contributed by atoms with Gasteiger partial charge in [-0.25, -0.2) is 0 Å². The van der Waals surface area contributed by atoms with E-state index in [1.807, 2.05) is 0 Å². The Morgan fingerprint density at radius 2 is 0.434 bits per heavy atom. The maximum atomic E-state index is 13.0. The lowest BCUT2D eigenvalue weighted by Gasteiger charge is -2.18. The molecule has 83 heavy (non-hydrogen) atoms. The molecule has 6 nitrogen and oxygen atoms in total. The molecule has 0 aromatic heterocycles. The second-order valence-corrected chi connectivity index (χ2v) is 25.6. The molecule has 0 heterocycles. The van der Waals surface area contributed by atoms with Gasteiger partial charge in [0.05, 0.1) is 0 Å². The highest BCUT2D eigenvalue weighted by Crippen LogP contribution is 2.19. The van der Waals surface area contributed by atoms with E-state index in [9.17, 15) is 14.4 Å². The normalized spacial score (nSPS) is 12.2. The van der Waals surface area contributed by atoms with Crippen LogP contribution in [-0.4, -0.2) is 37.2 Å². The molecule has 1 atom stereocenters. The maximum absolute atomic E-state index is 13.0. The van der Waals surface area contributed by atoms with Crippen LogP contribution < -0.4 is 0 Å². The van der Waals surface area contributed by atoms with E-state index in [4.69, 9.17) is 14.2 Å². The molecule has 0 saturated carbocycles. The van der Waals surface area contributed by atoms with Gasteiger partial charge in [0.2, 0.25) is 0 Å². The van der Waals surface area contributed by atoms with Crippen molar-refractivity contribution in [2.75, 3.05) is 13.2 Å². The van der Waals surface area contributed by atoms with Gasteiger partial charge in [-0.1, -0.05) is 359 Å². The van der Waals surface area contributed by atoms with Gasteiger partial charge < -0.3 is 14.2 Å². The van der Waals surface area contributed by atoms with Crippen LogP contribution in [0.15, 0.2) is 36.5 Å². The van der Waals surface area contributed by atoms with Crippen molar-refractivity contribution < 1.29 is 28.6 Å². The molecule has 0 rings (SSSR count). The Hall–Kier alpha value is -2.37. The van der Waals surface area contributed by atoms with E-state index in [0.29, 0.717) is 19.3 Å². The molecule has 0 bridgehead atoms. The Kier molecular flexibility index (Phi) is 70.0. The van der Waals surface area contributed by atoms with Gasteiger partial charge in [-0.05, 0) is 77.0 Å². The minimum atomic E-state index is -0.774. The number of ether oxygens (including phenoxy) is 3. The summed E-state index contributed by atoms with van der Waals surface area (Å²) in [6.07, 6.45) is 90.3. The number of allylic oxidation sites excluding steroid dienone is 6. The average Bonchev–Trinajstić information content (AvgIpc) is 3.49. The molecule has 0 aliphatic rings. The van der Waals surface area contributed by atoms with Crippen molar-refractivity contribution in [2.24, 2.45) is 0 Å². The molecule has 0 aliphatic heterocycles. The Morgan fingerprint density at radius 1 is 0.241 bits per heavy atom. The molecule has 1 unspecified atom stereocenters. The van der Waals surface area contributed by atoms with Crippen molar-refractivity contribution in [1.82, 2.24) is 0 Å². The lowest BCUT2D eigenvalue weighted by Crippen LogP contribution is -2.30. The van der Waals surface area contributed by atoms with Crippen molar-refractivity contribution in [3.05, 3.63) is 36.5 Å². The Morgan fingerprint density at radius 3 is 0.675 bits per heavy atom. The first kappa shape index (κ1) is 80.6. The van der Waals surface area contributed by atoms with Crippen LogP contribution in [0.25, 0.3) is 0 Å². The predicted octanol–water partition coefficient (Wildman–Crippen LogP) is 25.9. The predicted molar refractivity (Wildman–Crippen MR) is 362 cm³/mol. The van der Waals surface area contributed by atoms with Crippen LogP contribution in [0.2, 0.25) is 0 Å². The summed E-state index contributed by atoms with van der Waals surface area (Å²) in [5.74, 6) is -0.838. The molecule has 0 fully saturated rings. The summed E-state index contributed by atoms with van der Waals surface area (Å²) >= 11 is 0. The van der Waals surface area contributed by atoms with Gasteiger partial charge in [0.1, 0.15) is 13.2 Å². The van der Waals surface area contributed by atoms with Crippen molar-refractivity contribution in [1.29, 1.82) is 0 Å². The molecule has 0 saturated heterocycles. The third-order valence-electron chi connectivity index (χ3n) is 17.1. The Balaban J connectivity index is 4.31. The third-order valence-corrected chi connectivity index (χ3v) is 17.1. The van der Waals surface area contributed by atoms with Crippen molar-refractivity contribution in [3.8, 4) is 0 Å². The van der Waals surface area contributed by atoms with Gasteiger partial charge in [0.25, 0.3) is 0 Å². The molecule has 0 aromatic rings. The number of carbonyl (C=O) groups is 3. The van der Waals surface area contributed by atoms with Gasteiger partial charge in [0, 0.05) is 19.3 Å². The highest BCUT2D eigenvalue weighted by Gasteiger charge is 2.20. The molecule has 0 N–H and O–H groups in total. The summed E-state index contributed by atoms with van der Waals surface area (Å²) in [6.45, 7) is 6.72. The van der Waals surface area contributed by atoms with E-state index in [1.54, 1.807) is 0 Å². The smallest absolute Gasteiger partial charge is 0.306 e. The van der Waals surface area contributed by atoms with E-state index in [0.717, 1.165) is 64.2 Å². The molecule has 488 valence electrons. The topological polar surface area (TPSA) is 78.9 Å². The zero-order valence-corrected chi connectivity index (χ0v) is 56.2. The van der Waals surface area contributed by atoms with Gasteiger partial charge >= 0.3 is 17.9 Å². The minimum absolute atomic E-state index is 0.0680. The van der Waals surface area contributed by atoms with Crippen LogP contribution in [0.5, 0.6) is 0 Å². The zero-order valence-electron chi connectivity index (χ0n) is 56.2. The fraction of sp³-hybridized carbons (Fsp3) is 0.883. The first-order valence-electron chi connectivity index (χ1n) is 37.5. The quantitative estimate of drug-likeness (QED) is 0.0261. The minimum Gasteiger partial charge on any atom is -0.462 e. The van der Waals surface area contributed by atoms with Crippen LogP contribution in [0.1, 0.15) is 419 Å². The summed E-state index contributed by atoms with van der Waals surface area (Å²) < 4.78 is 17.1. The van der Waals surface area contributed by atoms with Gasteiger partial charge in [-0.2, -0.15) is 0 Å². The lowest BCUT2D eigenvalue weighted by molar-refractivity contribution is -0.167. The highest BCUT2D eigenvalue weighted by atomic mass is 16.6. The largest absolute Gasteiger partial charge is 0.462 e. The van der Waals surface area contributed by atoms with Gasteiger partial charge in [-0.3, -0.25) is 14.4 Å². The second-order valence-electron chi connectivity index (χ2n) is 25.6. The average molecular weight is 1170 g/mol. The van der Waals surface area contributed by atoms with Crippen LogP contribution in [0.4, 0.5) is 0 Å². The van der Waals surface area contributed by atoms with Crippen molar-refractivity contribution in [3.63, 3.8) is 0 Å². The molecule has 6 heteroatoms. The SMILES string of the molecule is CCCCCCC/C=C\C/C=C\CCCCCCCCCCCCCC(=O)OCC(COC(=O)CCCCCCCCCCCCCCCCCCCCCCC)OC(=O)CCCCCCCCCCC/C=C\CCCCCCCCCC. The lowest BCUT2D eigenvalue weighted by atomic mass is 10.0. The fourth-order valence-electron chi connectivity index (χ4n) is 11.5. The number of carbonyl (C=O) groups excluding carboxylic acids is 3. The molecule has 0 radical (unpaired) electrons. The van der Waals surface area contributed by atoms with Gasteiger partial charge in [-0.15, -0.1) is 0 Å². The third kappa shape index (κ3) is 70.3. The van der Waals surface area contributed by atoms with E-state index in [-0.39, 0.29) is 31.1 Å². The van der Waals surface area contributed by atoms with E-state index < -0.39 is 6.10 Å². The van der Waals surface area contributed by atoms with E-state index in [2.05, 4.69) is 57.2 Å². The molecule has 0 amide bonds. The van der Waals surface area contributed by atoms with Crippen molar-refractivity contribution >= 4 is 17.9 Å². The Bertz CT molecular complexity index is 1380. The van der Waals surface area contributed by atoms with Crippen molar-refractivity contribution in [2.45, 2.75) is 425 Å². The fourth-order valence-corrected chi connectivity index (χ4v) is 11.5. The number of esters is 3. The first-order chi connectivity index (χ1) is 41.0. The Labute approximate surface area is 518 Å². The molecule has 0 aromatic carbocycles. The number of unbranched alkanes of at least 4 members (excludes halogenated alkanes) is 53. The summed E-state index contributed by atoms with van der Waals surface area (Å²) in [4.78, 5) is 38.6. The summed E-state index contributed by atoms with van der Waals surface area (Å²) in [7, 11) is 0. The van der Waals surface area contributed by atoms with Crippen LogP contribution in [0.3, 0.4) is 0 Å². The standard InChI is InChI=1S/C77H144O6/c1-4-7-10-13-16-19-22-25-28-31-34-37-38-41-43-46-49-52-55-58-61-64-67-70-76(79)82-73-74(83-77(80)71-68-65-62-59-56-53-50-47-44-40-36-33-30-27-24-21-18-15-12-9-6-3)72-81-75(78)69-66-63-60-57-54-51-48-45-42-39-35-32-29-26-23-20-17-14-11-8-5-2/h22,25,31,33-34,36,74H,4-21,23-24,26-30,32,35,37-73H2,1-3H3/b25-22-,34-31-,36-33-. The molecular weight excluding hydrogens is 1020 g/mol. The number of hydrogen-bond acceptors (Lipinski definition) is 6. The maximum Gasteiger partial charge on any atom is 0.306 e. The van der Waals surface area contributed by atoms with Crippen LogP contribution in [-0.2, 0) is 28.6 Å². The summed E-state index contributed by atoms with van der Waals surface area (Å²) in [6, 6.07) is 0. The zero-order chi connectivity index (χ0) is 59.9. The van der Waals surface area contributed by atoms with Crippen LogP contribution in [0, 0.1) is 0 Å². The monoisotopic (exact) mass is 1170 g/mol. The summed E-state index contributed by atoms with van der Waals surface area (Å²) in [5.41, 5.74) is 0. The first-order valence-corrected chi connectivity index (χ1v) is 37.5. The molecular formula is C77H144O6.